The summed E-state index contributed by atoms with van der Waals surface area (Å²) in [6.45, 7) is 0. The minimum atomic E-state index is 0.883. The Bertz CT molecular complexity index is 8740. The summed E-state index contributed by atoms with van der Waals surface area (Å²) in [6.07, 6.45) is 1.85. The van der Waals surface area contributed by atoms with Gasteiger partial charge in [0.2, 0.25) is 0 Å². The lowest BCUT2D eigenvalue weighted by Crippen LogP contribution is -2.00. The van der Waals surface area contributed by atoms with Gasteiger partial charge >= 0.3 is 0 Å². The molecule has 0 amide bonds. The third-order valence-electron chi connectivity index (χ3n) is 25.7. The molecule has 0 unspecified atom stereocenters. The van der Waals surface area contributed by atoms with E-state index in [0.29, 0.717) is 0 Å². The fraction of sp³-hybridized carbons (Fsp3) is 0. The van der Waals surface area contributed by atoms with Crippen molar-refractivity contribution in [1.82, 2.24) is 37.4 Å². The number of aromatic nitrogens is 8. The standard InChI is InChI=1S/C65H42N4.C53H34N4/c1-5-19-43(20-6-1)46-35-37-59-54(39-46)55-42-49(36-38-60(55)67(59)48-25-11-4-12-26-48)68-57-31-15-13-27-52(57)64-50(29-17-33-61(64)68)51-30-18-34-62-65(51)53-28-14-16-32-58(53)69(62)63-41-47(44-21-7-2-8-22-44)40-56(66-63)45-23-9-3-10-24-45;1-2-14-36(15-3-1)55-46-22-7-4-16-39(46)44-34-38(31-32-49(44)55)57-48-24-9-6-18-43(48)53-41(20-13-26-51(53)57)40-19-12-25-50-52(40)42-17-5-8-23-47(42)56(50)37-29-27-35(28-30-37)45-21-10-11-33-54-45/h1-42H;1-34H. The van der Waals surface area contributed by atoms with Crippen LogP contribution in [0, 0.1) is 0 Å². The fourth-order valence-corrected chi connectivity index (χ4v) is 20.3. The van der Waals surface area contributed by atoms with Crippen LogP contribution in [0.1, 0.15) is 0 Å². The molecule has 0 N–H and O–H groups in total. The molecule has 0 atom stereocenters. The van der Waals surface area contributed by atoms with Gasteiger partial charge in [-0.3, -0.25) is 9.55 Å². The molecule has 8 heteroatoms. The van der Waals surface area contributed by atoms with Gasteiger partial charge < -0.3 is 22.8 Å². The zero-order chi connectivity index (χ0) is 82.9. The highest BCUT2D eigenvalue weighted by Gasteiger charge is 2.27. The van der Waals surface area contributed by atoms with Crippen LogP contribution in [0.4, 0.5) is 0 Å². The summed E-state index contributed by atoms with van der Waals surface area (Å²) in [5.74, 6) is 0.883. The van der Waals surface area contributed by atoms with Crippen molar-refractivity contribution in [1.29, 1.82) is 0 Å². The molecule has 0 radical (unpaired) electrons. The number of nitrogens with zero attached hydrogens (tertiary/aromatic N) is 8. The van der Waals surface area contributed by atoms with E-state index < -0.39 is 0 Å². The fourth-order valence-electron chi connectivity index (χ4n) is 20.3. The van der Waals surface area contributed by atoms with Gasteiger partial charge in [0, 0.05) is 110 Å². The van der Waals surface area contributed by atoms with Gasteiger partial charge in [0.25, 0.3) is 0 Å². The number of pyridine rings is 2. The van der Waals surface area contributed by atoms with Crippen LogP contribution in [0.3, 0.4) is 0 Å². The normalized spacial score (nSPS) is 11.8. The Labute approximate surface area is 725 Å². The maximum absolute atomic E-state index is 5.44. The molecule has 0 fully saturated rings. The van der Waals surface area contributed by atoms with Crippen molar-refractivity contribution in [3.05, 3.63) is 461 Å². The van der Waals surface area contributed by atoms with Crippen molar-refractivity contribution in [2.45, 2.75) is 0 Å². The van der Waals surface area contributed by atoms with E-state index >= 15 is 0 Å². The van der Waals surface area contributed by atoms with Gasteiger partial charge in [-0.25, -0.2) is 4.98 Å². The molecule has 8 heterocycles. The van der Waals surface area contributed by atoms with Gasteiger partial charge in [-0.2, -0.15) is 0 Å². The lowest BCUT2D eigenvalue weighted by Gasteiger charge is -2.13. The van der Waals surface area contributed by atoms with Gasteiger partial charge in [0.05, 0.1) is 77.6 Å². The van der Waals surface area contributed by atoms with Gasteiger partial charge in [0.15, 0.2) is 0 Å². The Morgan fingerprint density at radius 3 is 0.905 bits per heavy atom. The number of para-hydroxylation sites is 7. The first-order valence-corrected chi connectivity index (χ1v) is 43.1. The van der Waals surface area contributed by atoms with Gasteiger partial charge in [-0.05, 0) is 208 Å². The summed E-state index contributed by atoms with van der Waals surface area (Å²) in [4.78, 5) is 10.0. The molecule has 8 aromatic heterocycles. The van der Waals surface area contributed by atoms with E-state index in [1.165, 1.54) is 148 Å². The zero-order valence-electron chi connectivity index (χ0n) is 68.5. The van der Waals surface area contributed by atoms with Crippen LogP contribution < -0.4 is 0 Å². The van der Waals surface area contributed by atoms with E-state index in [1.54, 1.807) is 0 Å². The Balaban J connectivity index is 0.000000140. The van der Waals surface area contributed by atoms with E-state index in [2.05, 4.69) is 475 Å². The average molecular weight is 1610 g/mol. The summed E-state index contributed by atoms with van der Waals surface area (Å²) >= 11 is 0. The van der Waals surface area contributed by atoms with Crippen LogP contribution >= 0.6 is 0 Å². The highest BCUT2D eigenvalue weighted by molar-refractivity contribution is 6.25. The maximum atomic E-state index is 5.44. The lowest BCUT2D eigenvalue weighted by atomic mass is 9.95. The molecule has 8 nitrogen and oxygen atoms in total. The van der Waals surface area contributed by atoms with Crippen molar-refractivity contribution in [2.75, 3.05) is 0 Å². The molecule has 0 aliphatic carbocycles. The molecule has 26 rings (SSSR count). The van der Waals surface area contributed by atoms with E-state index in [-0.39, 0.29) is 0 Å². The third kappa shape index (κ3) is 11.5. The minimum absolute atomic E-state index is 0.883. The SMILES string of the molecule is c1ccc(-c2cc(-c3ccccc3)nc(-n3c4ccccc4c4c(-c5cccc6c5c5ccccc5n6-c5ccc6c(c5)c5cc(-c7ccccc7)ccc5n6-c5ccccc5)cccc43)c2)cc1.c1ccc(-n2c3ccccc3c3cc(-n4c5ccccc5c5c(-c6cccc7c6c6ccccc6n7-c6ccc(-c7ccccn7)cc6)cccc54)ccc32)cc1. The van der Waals surface area contributed by atoms with Crippen molar-refractivity contribution in [3.63, 3.8) is 0 Å². The molecular weight excluding hydrogens is 1530 g/mol. The monoisotopic (exact) mass is 1600 g/mol. The average Bonchev–Trinajstić information content (AvgIpc) is 1.56. The summed E-state index contributed by atoms with van der Waals surface area (Å²) in [5.41, 5.74) is 33.4. The number of rotatable bonds is 12. The molecule has 0 aliphatic heterocycles. The van der Waals surface area contributed by atoms with E-state index in [0.717, 1.165) is 84.4 Å². The lowest BCUT2D eigenvalue weighted by molar-refractivity contribution is 1.08. The van der Waals surface area contributed by atoms with Crippen molar-refractivity contribution < 1.29 is 0 Å². The van der Waals surface area contributed by atoms with Crippen molar-refractivity contribution in [2.24, 2.45) is 0 Å². The van der Waals surface area contributed by atoms with Crippen LogP contribution in [0.25, 0.3) is 232 Å². The molecule has 0 saturated heterocycles. The number of fused-ring (bicyclic) bond motifs is 18. The first-order chi connectivity index (χ1) is 62.6. The Morgan fingerprint density at radius 1 is 0.151 bits per heavy atom. The molecule has 0 bridgehead atoms. The van der Waals surface area contributed by atoms with Crippen LogP contribution in [0.2, 0.25) is 0 Å². The van der Waals surface area contributed by atoms with Crippen molar-refractivity contribution in [3.8, 4) is 101 Å². The second-order valence-corrected chi connectivity index (χ2v) is 32.7. The second kappa shape index (κ2) is 29.5. The Kier molecular flexibility index (Phi) is 16.8. The molecular formula is C118H76N8. The number of hydrogen-bond acceptors (Lipinski definition) is 2. The maximum Gasteiger partial charge on any atom is 0.138 e. The largest absolute Gasteiger partial charge is 0.309 e. The Hall–Kier alpha value is -16.9. The van der Waals surface area contributed by atoms with E-state index in [9.17, 15) is 0 Å². The molecule has 26 aromatic rings. The molecule has 18 aromatic carbocycles. The predicted molar refractivity (Wildman–Crippen MR) is 527 cm³/mol. The molecule has 0 spiro atoms. The molecule has 0 aliphatic rings. The first-order valence-electron chi connectivity index (χ1n) is 43.1. The highest BCUT2D eigenvalue weighted by atomic mass is 15.1. The quantitative estimate of drug-likeness (QED) is 0.122. The number of benzene rings is 18. The first kappa shape index (κ1) is 71.9. The summed E-state index contributed by atoms with van der Waals surface area (Å²) in [7, 11) is 0. The summed E-state index contributed by atoms with van der Waals surface area (Å²) < 4.78 is 14.5. The molecule has 0 saturated carbocycles. The smallest absolute Gasteiger partial charge is 0.138 e. The molecule has 588 valence electrons. The Morgan fingerprint density at radius 2 is 0.452 bits per heavy atom. The van der Waals surface area contributed by atoms with Gasteiger partial charge in [0.1, 0.15) is 5.82 Å². The summed E-state index contributed by atoms with van der Waals surface area (Å²) in [6, 6.07) is 165. The second-order valence-electron chi connectivity index (χ2n) is 32.7. The number of hydrogen-bond donors (Lipinski definition) is 0. The molecule has 126 heavy (non-hydrogen) atoms. The minimum Gasteiger partial charge on any atom is -0.309 e. The predicted octanol–water partition coefficient (Wildman–Crippen LogP) is 30.7. The van der Waals surface area contributed by atoms with Crippen LogP contribution in [0.15, 0.2) is 461 Å². The van der Waals surface area contributed by atoms with E-state index in [4.69, 9.17) is 4.98 Å². The van der Waals surface area contributed by atoms with Gasteiger partial charge in [-0.15, -0.1) is 0 Å². The van der Waals surface area contributed by atoms with Crippen LogP contribution in [0.5, 0.6) is 0 Å². The van der Waals surface area contributed by atoms with Crippen LogP contribution in [-0.2, 0) is 0 Å². The van der Waals surface area contributed by atoms with E-state index in [1.807, 2.05) is 18.3 Å². The topological polar surface area (TPSA) is 55.4 Å². The van der Waals surface area contributed by atoms with Crippen molar-refractivity contribution >= 4 is 131 Å². The van der Waals surface area contributed by atoms with Gasteiger partial charge in [-0.1, -0.05) is 291 Å². The highest BCUT2D eigenvalue weighted by Crippen LogP contribution is 2.49. The third-order valence-corrected chi connectivity index (χ3v) is 25.7. The zero-order valence-corrected chi connectivity index (χ0v) is 68.5. The van der Waals surface area contributed by atoms with Crippen LogP contribution in [-0.4, -0.2) is 37.4 Å². The summed E-state index contributed by atoms with van der Waals surface area (Å²) in [5, 5.41) is 14.7.